The molecule has 0 spiro atoms. The Morgan fingerprint density at radius 2 is 1.77 bits per heavy atom. The molecule has 0 saturated carbocycles. The second-order valence-electron chi connectivity index (χ2n) is 7.61. The molecule has 2 atom stereocenters. The standard InChI is InChI=1S/C23H32N2O5S/c1-8-20(25(31(7,27)28)21-13-15(2)9-10-16(21)3)23(26)24-17(4)19-14-18(29-5)11-12-22(19)30-6/h9-14,17,20H,8H2,1-7H3,(H,24,26)/t17-,20-/m0/s1. The Labute approximate surface area is 185 Å². The van der Waals surface area contributed by atoms with Crippen LogP contribution in [0.1, 0.15) is 43.0 Å². The van der Waals surface area contributed by atoms with E-state index in [2.05, 4.69) is 5.32 Å². The summed E-state index contributed by atoms with van der Waals surface area (Å²) in [6, 6.07) is 9.59. The molecule has 2 rings (SSSR count). The molecule has 170 valence electrons. The topological polar surface area (TPSA) is 84.9 Å². The number of nitrogens with one attached hydrogen (secondary N) is 1. The molecule has 2 aromatic rings. The van der Waals surface area contributed by atoms with E-state index in [4.69, 9.17) is 9.47 Å². The van der Waals surface area contributed by atoms with Gasteiger partial charge < -0.3 is 14.8 Å². The van der Waals surface area contributed by atoms with Gasteiger partial charge in [0.1, 0.15) is 17.5 Å². The van der Waals surface area contributed by atoms with Crippen molar-refractivity contribution in [3.8, 4) is 11.5 Å². The van der Waals surface area contributed by atoms with Gasteiger partial charge in [0.05, 0.1) is 32.2 Å². The van der Waals surface area contributed by atoms with E-state index in [0.29, 0.717) is 23.6 Å². The molecule has 0 saturated heterocycles. The number of carbonyl (C=O) groups excluding carboxylic acids is 1. The molecule has 0 unspecified atom stereocenters. The van der Waals surface area contributed by atoms with Crippen molar-refractivity contribution >= 4 is 21.6 Å². The average molecular weight is 449 g/mol. The van der Waals surface area contributed by atoms with E-state index in [1.807, 2.05) is 32.9 Å². The first kappa shape index (κ1) is 24.5. The zero-order chi connectivity index (χ0) is 23.3. The van der Waals surface area contributed by atoms with Gasteiger partial charge in [-0.15, -0.1) is 0 Å². The third-order valence-corrected chi connectivity index (χ3v) is 6.36. The largest absolute Gasteiger partial charge is 0.497 e. The fourth-order valence-electron chi connectivity index (χ4n) is 3.56. The number of sulfonamides is 1. The summed E-state index contributed by atoms with van der Waals surface area (Å²) in [5.74, 6) is 0.861. The van der Waals surface area contributed by atoms with Crippen molar-refractivity contribution in [2.45, 2.75) is 46.2 Å². The maximum Gasteiger partial charge on any atom is 0.244 e. The van der Waals surface area contributed by atoms with Crippen molar-refractivity contribution in [3.05, 3.63) is 53.1 Å². The Kier molecular flexibility index (Phi) is 7.95. The first-order valence-electron chi connectivity index (χ1n) is 10.1. The van der Waals surface area contributed by atoms with Gasteiger partial charge in [0.2, 0.25) is 15.9 Å². The van der Waals surface area contributed by atoms with E-state index >= 15 is 0 Å². The zero-order valence-electron chi connectivity index (χ0n) is 19.2. The number of rotatable bonds is 9. The third kappa shape index (κ3) is 5.70. The lowest BCUT2D eigenvalue weighted by Gasteiger charge is -2.32. The van der Waals surface area contributed by atoms with Crippen LogP contribution in [0.5, 0.6) is 11.5 Å². The van der Waals surface area contributed by atoms with Gasteiger partial charge in [-0.25, -0.2) is 8.42 Å². The van der Waals surface area contributed by atoms with E-state index in [1.165, 1.54) is 4.31 Å². The molecule has 1 amide bonds. The minimum Gasteiger partial charge on any atom is -0.497 e. The number of aryl methyl sites for hydroxylation is 2. The number of nitrogens with zero attached hydrogens (tertiary/aromatic N) is 1. The van der Waals surface area contributed by atoms with Crippen LogP contribution in [-0.4, -0.2) is 40.8 Å². The van der Waals surface area contributed by atoms with Crippen molar-refractivity contribution in [1.29, 1.82) is 0 Å². The van der Waals surface area contributed by atoms with Crippen LogP contribution in [0.3, 0.4) is 0 Å². The Morgan fingerprint density at radius 3 is 2.32 bits per heavy atom. The Balaban J connectivity index is 2.42. The number of carbonyl (C=O) groups is 1. The number of hydrogen-bond acceptors (Lipinski definition) is 5. The summed E-state index contributed by atoms with van der Waals surface area (Å²) in [5.41, 5.74) is 2.95. The van der Waals surface area contributed by atoms with Gasteiger partial charge in [-0.05, 0) is 62.6 Å². The Bertz CT molecular complexity index is 1040. The van der Waals surface area contributed by atoms with Crippen LogP contribution in [-0.2, 0) is 14.8 Å². The molecule has 8 heteroatoms. The van der Waals surface area contributed by atoms with Gasteiger partial charge in [0.25, 0.3) is 0 Å². The molecular formula is C23H32N2O5S. The lowest BCUT2D eigenvalue weighted by atomic mass is 10.0. The Hall–Kier alpha value is -2.74. The van der Waals surface area contributed by atoms with E-state index in [-0.39, 0.29) is 5.91 Å². The number of ether oxygens (including phenoxy) is 2. The number of anilines is 1. The lowest BCUT2D eigenvalue weighted by Crippen LogP contribution is -2.50. The normalized spacial score (nSPS) is 13.3. The maximum atomic E-state index is 13.3. The molecule has 0 aliphatic heterocycles. The molecule has 7 nitrogen and oxygen atoms in total. The van der Waals surface area contributed by atoms with Gasteiger partial charge in [-0.3, -0.25) is 9.10 Å². The highest BCUT2D eigenvalue weighted by molar-refractivity contribution is 7.92. The van der Waals surface area contributed by atoms with Gasteiger partial charge in [0, 0.05) is 5.56 Å². The SMILES string of the molecule is CC[C@@H](C(=O)N[C@@H](C)c1cc(OC)ccc1OC)N(c1cc(C)ccc1C)S(C)(=O)=O. The highest BCUT2D eigenvalue weighted by Gasteiger charge is 2.33. The molecule has 0 bridgehead atoms. The summed E-state index contributed by atoms with van der Waals surface area (Å²) >= 11 is 0. The number of methoxy groups -OCH3 is 2. The number of hydrogen-bond donors (Lipinski definition) is 1. The monoisotopic (exact) mass is 448 g/mol. The van der Waals surface area contributed by atoms with E-state index in [9.17, 15) is 13.2 Å². The van der Waals surface area contributed by atoms with Crippen LogP contribution in [0.15, 0.2) is 36.4 Å². The van der Waals surface area contributed by atoms with Crippen LogP contribution in [0.25, 0.3) is 0 Å². The van der Waals surface area contributed by atoms with Crippen LogP contribution in [0, 0.1) is 13.8 Å². The van der Waals surface area contributed by atoms with E-state index < -0.39 is 22.1 Å². The zero-order valence-corrected chi connectivity index (χ0v) is 20.0. The molecule has 31 heavy (non-hydrogen) atoms. The quantitative estimate of drug-likeness (QED) is 0.632. The Morgan fingerprint density at radius 1 is 1.10 bits per heavy atom. The molecular weight excluding hydrogens is 416 g/mol. The molecule has 0 fully saturated rings. The van der Waals surface area contributed by atoms with Crippen molar-refractivity contribution < 1.29 is 22.7 Å². The molecule has 1 N–H and O–H groups in total. The average Bonchev–Trinajstić information content (AvgIpc) is 2.72. The lowest BCUT2D eigenvalue weighted by molar-refractivity contribution is -0.122. The summed E-state index contributed by atoms with van der Waals surface area (Å²) in [7, 11) is -0.588. The van der Waals surface area contributed by atoms with Crippen molar-refractivity contribution in [3.63, 3.8) is 0 Å². The number of benzene rings is 2. The van der Waals surface area contributed by atoms with Gasteiger partial charge in [-0.2, -0.15) is 0 Å². The summed E-state index contributed by atoms with van der Waals surface area (Å²) in [6.45, 7) is 7.35. The molecule has 0 aliphatic rings. The number of amides is 1. The van der Waals surface area contributed by atoms with Crippen molar-refractivity contribution in [1.82, 2.24) is 5.32 Å². The van der Waals surface area contributed by atoms with E-state index in [1.54, 1.807) is 45.4 Å². The fraction of sp³-hybridized carbons (Fsp3) is 0.435. The van der Waals surface area contributed by atoms with Crippen molar-refractivity contribution in [2.75, 3.05) is 24.8 Å². The predicted molar refractivity (Wildman–Crippen MR) is 123 cm³/mol. The van der Waals surface area contributed by atoms with Crippen LogP contribution < -0.4 is 19.1 Å². The summed E-state index contributed by atoms with van der Waals surface area (Å²) < 4.78 is 37.4. The predicted octanol–water partition coefficient (Wildman–Crippen LogP) is 3.74. The minimum absolute atomic E-state index is 0.314. The third-order valence-electron chi connectivity index (χ3n) is 5.19. The molecule has 0 heterocycles. The minimum atomic E-state index is -3.71. The second kappa shape index (κ2) is 10.0. The smallest absolute Gasteiger partial charge is 0.244 e. The first-order chi connectivity index (χ1) is 14.5. The second-order valence-corrected chi connectivity index (χ2v) is 9.47. The fourth-order valence-corrected chi connectivity index (χ4v) is 4.82. The highest BCUT2D eigenvalue weighted by Crippen LogP contribution is 2.31. The molecule has 0 aliphatic carbocycles. The van der Waals surface area contributed by atoms with Crippen LogP contribution in [0.4, 0.5) is 5.69 Å². The summed E-state index contributed by atoms with van der Waals surface area (Å²) in [4.78, 5) is 13.3. The molecule has 2 aromatic carbocycles. The molecule has 0 aromatic heterocycles. The highest BCUT2D eigenvalue weighted by atomic mass is 32.2. The van der Waals surface area contributed by atoms with E-state index in [0.717, 1.165) is 22.9 Å². The maximum absolute atomic E-state index is 13.3. The van der Waals surface area contributed by atoms with Gasteiger partial charge >= 0.3 is 0 Å². The van der Waals surface area contributed by atoms with Crippen LogP contribution >= 0.6 is 0 Å². The van der Waals surface area contributed by atoms with Gasteiger partial charge in [-0.1, -0.05) is 19.1 Å². The molecule has 0 radical (unpaired) electrons. The summed E-state index contributed by atoms with van der Waals surface area (Å²) in [5, 5.41) is 2.95. The van der Waals surface area contributed by atoms with Gasteiger partial charge in [0.15, 0.2) is 0 Å². The van der Waals surface area contributed by atoms with Crippen LogP contribution in [0.2, 0.25) is 0 Å². The van der Waals surface area contributed by atoms with Crippen molar-refractivity contribution in [2.24, 2.45) is 0 Å². The first-order valence-corrected chi connectivity index (χ1v) is 12.0. The summed E-state index contributed by atoms with van der Waals surface area (Å²) in [6.07, 6.45) is 1.44.